The Labute approximate surface area is 174 Å². The van der Waals surface area contributed by atoms with E-state index in [1.807, 2.05) is 48.3 Å². The Morgan fingerprint density at radius 2 is 1.66 bits per heavy atom. The second-order valence-corrected chi connectivity index (χ2v) is 7.17. The van der Waals surface area contributed by atoms with Crippen LogP contribution in [-0.4, -0.2) is 32.7 Å². The third-order valence-electron chi connectivity index (χ3n) is 4.69. The summed E-state index contributed by atoms with van der Waals surface area (Å²) in [6, 6.07) is 21.5. The molecule has 0 aliphatic carbocycles. The minimum Gasteiger partial charge on any atom is -0.486 e. The van der Waals surface area contributed by atoms with Gasteiger partial charge in [-0.15, -0.1) is 0 Å². The number of nitrogens with zero attached hydrogens (tertiary/aromatic N) is 1. The molecule has 3 aromatic carbocycles. The van der Waals surface area contributed by atoms with Crippen LogP contribution in [0.1, 0.15) is 0 Å². The number of carbonyl (C=O) groups is 1. The first kappa shape index (κ1) is 19.2. The average Bonchev–Trinajstić information content (AvgIpc) is 2.75. The lowest BCUT2D eigenvalue weighted by Crippen LogP contribution is -2.30. The van der Waals surface area contributed by atoms with Gasteiger partial charge in [-0.2, -0.15) is 0 Å². The van der Waals surface area contributed by atoms with E-state index in [9.17, 15) is 4.79 Å². The van der Waals surface area contributed by atoms with E-state index in [4.69, 9.17) is 21.1 Å². The van der Waals surface area contributed by atoms with Gasteiger partial charge in [-0.3, -0.25) is 4.79 Å². The number of para-hydroxylation sites is 1. The van der Waals surface area contributed by atoms with Crippen molar-refractivity contribution in [3.05, 3.63) is 71.8 Å². The molecule has 6 heteroatoms. The average molecular weight is 409 g/mol. The number of ether oxygens (including phenoxy) is 2. The third kappa shape index (κ3) is 4.30. The van der Waals surface area contributed by atoms with Crippen molar-refractivity contribution in [2.45, 2.75) is 0 Å². The molecule has 4 rings (SSSR count). The van der Waals surface area contributed by atoms with Gasteiger partial charge in [0.25, 0.3) is 0 Å². The van der Waals surface area contributed by atoms with Gasteiger partial charge in [0, 0.05) is 30.4 Å². The van der Waals surface area contributed by atoms with Crippen LogP contribution in [0.3, 0.4) is 0 Å². The predicted molar refractivity (Wildman–Crippen MR) is 116 cm³/mol. The molecule has 0 saturated heterocycles. The summed E-state index contributed by atoms with van der Waals surface area (Å²) in [5.74, 6) is 1.00. The number of likely N-dealkylation sites (N-methyl/N-ethyl adjacent to an activating group) is 1. The van der Waals surface area contributed by atoms with Crippen LogP contribution < -0.4 is 19.7 Å². The van der Waals surface area contributed by atoms with Crippen LogP contribution >= 0.6 is 11.6 Å². The predicted octanol–water partition coefficient (Wildman–Crippen LogP) is 4.85. The van der Waals surface area contributed by atoms with Crippen molar-refractivity contribution in [3.8, 4) is 22.6 Å². The topological polar surface area (TPSA) is 50.8 Å². The first-order valence-electron chi connectivity index (χ1n) is 9.36. The van der Waals surface area contributed by atoms with Crippen molar-refractivity contribution >= 4 is 28.9 Å². The SMILES string of the molecule is CN(CC(=O)Nc1cc2c(cc1Cl)OCCO2)c1ccccc1-c1ccccc1. The van der Waals surface area contributed by atoms with Crippen LogP contribution in [0.5, 0.6) is 11.5 Å². The maximum atomic E-state index is 12.7. The zero-order chi connectivity index (χ0) is 20.2. The fourth-order valence-corrected chi connectivity index (χ4v) is 3.52. The number of hydrogen-bond acceptors (Lipinski definition) is 4. The number of carbonyl (C=O) groups excluding carboxylic acids is 1. The van der Waals surface area contributed by atoms with E-state index in [2.05, 4.69) is 23.5 Å². The van der Waals surface area contributed by atoms with Crippen molar-refractivity contribution in [3.63, 3.8) is 0 Å². The molecule has 0 fully saturated rings. The molecule has 29 heavy (non-hydrogen) atoms. The largest absolute Gasteiger partial charge is 0.486 e. The lowest BCUT2D eigenvalue weighted by atomic mass is 10.0. The molecule has 1 aliphatic rings. The molecule has 1 amide bonds. The number of hydrogen-bond donors (Lipinski definition) is 1. The van der Waals surface area contributed by atoms with Gasteiger partial charge in [0.05, 0.1) is 17.3 Å². The summed E-state index contributed by atoms with van der Waals surface area (Å²) in [4.78, 5) is 14.6. The molecule has 0 radical (unpaired) electrons. The third-order valence-corrected chi connectivity index (χ3v) is 5.00. The van der Waals surface area contributed by atoms with E-state index in [-0.39, 0.29) is 12.5 Å². The number of nitrogens with one attached hydrogen (secondary N) is 1. The standard InChI is InChI=1S/C23H21ClN2O3/c1-26(20-10-6-5-9-17(20)16-7-3-2-4-8-16)15-23(27)25-19-14-22-21(13-18(19)24)28-11-12-29-22/h2-10,13-14H,11-12,15H2,1H3,(H,25,27). The second kappa shape index (κ2) is 8.45. The van der Waals surface area contributed by atoms with E-state index in [1.54, 1.807) is 12.1 Å². The Morgan fingerprint density at radius 1 is 1.00 bits per heavy atom. The summed E-state index contributed by atoms with van der Waals surface area (Å²) in [5, 5.41) is 3.28. The summed E-state index contributed by atoms with van der Waals surface area (Å²) in [6.45, 7) is 1.14. The first-order chi connectivity index (χ1) is 14.1. The van der Waals surface area contributed by atoms with Crippen molar-refractivity contribution in [2.75, 3.05) is 37.0 Å². The van der Waals surface area contributed by atoms with Gasteiger partial charge in [0.2, 0.25) is 5.91 Å². The van der Waals surface area contributed by atoms with E-state index in [0.29, 0.717) is 35.4 Å². The maximum absolute atomic E-state index is 12.7. The van der Waals surface area contributed by atoms with Crippen LogP contribution in [-0.2, 0) is 4.79 Å². The van der Waals surface area contributed by atoms with Gasteiger partial charge in [0.1, 0.15) is 13.2 Å². The van der Waals surface area contributed by atoms with Gasteiger partial charge in [-0.25, -0.2) is 0 Å². The fourth-order valence-electron chi connectivity index (χ4n) is 3.32. The molecule has 1 aliphatic heterocycles. The van der Waals surface area contributed by atoms with Gasteiger partial charge in [-0.1, -0.05) is 60.1 Å². The van der Waals surface area contributed by atoms with Crippen LogP contribution in [0, 0.1) is 0 Å². The molecular weight excluding hydrogens is 388 g/mol. The monoisotopic (exact) mass is 408 g/mol. The number of rotatable bonds is 5. The minimum absolute atomic E-state index is 0.172. The Morgan fingerprint density at radius 3 is 2.41 bits per heavy atom. The molecule has 148 valence electrons. The molecule has 5 nitrogen and oxygen atoms in total. The highest BCUT2D eigenvalue weighted by atomic mass is 35.5. The molecular formula is C23H21ClN2O3. The van der Waals surface area contributed by atoms with Gasteiger partial charge < -0.3 is 19.7 Å². The quantitative estimate of drug-likeness (QED) is 0.655. The smallest absolute Gasteiger partial charge is 0.243 e. The Kier molecular flexibility index (Phi) is 5.58. The highest BCUT2D eigenvalue weighted by molar-refractivity contribution is 6.34. The summed E-state index contributed by atoms with van der Waals surface area (Å²) in [6.07, 6.45) is 0. The highest BCUT2D eigenvalue weighted by Crippen LogP contribution is 2.38. The first-order valence-corrected chi connectivity index (χ1v) is 9.74. The van der Waals surface area contributed by atoms with Crippen LogP contribution in [0.4, 0.5) is 11.4 Å². The van der Waals surface area contributed by atoms with Crippen molar-refractivity contribution in [2.24, 2.45) is 0 Å². The lowest BCUT2D eigenvalue weighted by Gasteiger charge is -2.23. The maximum Gasteiger partial charge on any atom is 0.243 e. The molecule has 0 saturated carbocycles. The Hall–Kier alpha value is -3.18. The van der Waals surface area contributed by atoms with Crippen LogP contribution in [0.25, 0.3) is 11.1 Å². The zero-order valence-electron chi connectivity index (χ0n) is 16.0. The van der Waals surface area contributed by atoms with Gasteiger partial charge in [-0.05, 0) is 11.6 Å². The van der Waals surface area contributed by atoms with E-state index < -0.39 is 0 Å². The van der Waals surface area contributed by atoms with E-state index >= 15 is 0 Å². The zero-order valence-corrected chi connectivity index (χ0v) is 16.8. The van der Waals surface area contributed by atoms with Gasteiger partial charge in [0.15, 0.2) is 11.5 Å². The molecule has 0 bridgehead atoms. The summed E-state index contributed by atoms with van der Waals surface area (Å²) in [7, 11) is 1.90. The number of amides is 1. The van der Waals surface area contributed by atoms with Crippen molar-refractivity contribution in [1.82, 2.24) is 0 Å². The molecule has 0 spiro atoms. The molecule has 1 N–H and O–H groups in total. The Balaban J connectivity index is 1.50. The lowest BCUT2D eigenvalue weighted by molar-refractivity contribution is -0.114. The minimum atomic E-state index is -0.172. The second-order valence-electron chi connectivity index (χ2n) is 6.76. The Bertz CT molecular complexity index is 1020. The highest BCUT2D eigenvalue weighted by Gasteiger charge is 2.18. The summed E-state index contributed by atoms with van der Waals surface area (Å²) in [5.41, 5.74) is 3.65. The molecule has 0 aromatic heterocycles. The number of fused-ring (bicyclic) bond motifs is 1. The van der Waals surface area contributed by atoms with Crippen LogP contribution in [0.2, 0.25) is 5.02 Å². The van der Waals surface area contributed by atoms with Crippen molar-refractivity contribution < 1.29 is 14.3 Å². The molecule has 0 unspecified atom stereocenters. The summed E-state index contributed by atoms with van der Waals surface area (Å²) >= 11 is 6.30. The van der Waals surface area contributed by atoms with Crippen LogP contribution in [0.15, 0.2) is 66.7 Å². The number of benzene rings is 3. The number of anilines is 2. The summed E-state index contributed by atoms with van der Waals surface area (Å²) < 4.78 is 11.1. The van der Waals surface area contributed by atoms with E-state index in [0.717, 1.165) is 16.8 Å². The normalized spacial score (nSPS) is 12.3. The molecule has 1 heterocycles. The molecule has 0 atom stereocenters. The van der Waals surface area contributed by atoms with Crippen molar-refractivity contribution in [1.29, 1.82) is 0 Å². The number of halogens is 1. The molecule has 3 aromatic rings. The van der Waals surface area contributed by atoms with E-state index in [1.165, 1.54) is 0 Å². The fraction of sp³-hybridized carbons (Fsp3) is 0.174. The van der Waals surface area contributed by atoms with Gasteiger partial charge >= 0.3 is 0 Å².